The molecule has 22 heavy (non-hydrogen) atoms. The largest absolute Gasteiger partial charge is 0.513 e. The van der Waals surface area contributed by atoms with E-state index in [4.69, 9.17) is 0 Å². The lowest BCUT2D eigenvalue weighted by Gasteiger charge is -2.56. The Kier molecular flexibility index (Phi) is 3.28. The highest BCUT2D eigenvalue weighted by atomic mass is 16.3. The van der Waals surface area contributed by atoms with Crippen molar-refractivity contribution in [3.05, 3.63) is 24.5 Å². The lowest BCUT2D eigenvalue weighted by molar-refractivity contribution is -0.105. The zero-order valence-corrected chi connectivity index (χ0v) is 13.8. The second-order valence-corrected chi connectivity index (χ2v) is 8.69. The molecular weight excluding hydrogens is 272 g/mol. The van der Waals surface area contributed by atoms with Gasteiger partial charge in [0, 0.05) is 11.8 Å². The van der Waals surface area contributed by atoms with Crippen molar-refractivity contribution in [2.45, 2.75) is 63.9 Å². The van der Waals surface area contributed by atoms with Crippen LogP contribution in [0.4, 0.5) is 0 Å². The number of aliphatic hydroxyl groups is 2. The lowest BCUT2D eigenvalue weighted by Crippen LogP contribution is -2.52. The Morgan fingerprint density at radius 2 is 1.95 bits per heavy atom. The Labute approximate surface area is 134 Å². The highest BCUT2D eigenvalue weighted by Gasteiger charge is 2.61. The summed E-state index contributed by atoms with van der Waals surface area (Å²) in [6.07, 6.45) is 12.9. The molecule has 0 bridgehead atoms. The van der Waals surface area contributed by atoms with Gasteiger partial charge in [-0.1, -0.05) is 13.0 Å². The van der Waals surface area contributed by atoms with Crippen LogP contribution >= 0.6 is 0 Å². The first-order valence-corrected chi connectivity index (χ1v) is 9.22. The number of allylic oxidation sites excluding steroid dienone is 2. The van der Waals surface area contributed by atoms with E-state index in [1.54, 1.807) is 0 Å². The molecule has 5 unspecified atom stereocenters. The van der Waals surface area contributed by atoms with Crippen LogP contribution in [0.2, 0.25) is 0 Å². The molecule has 4 aliphatic carbocycles. The Hall–Kier alpha value is -0.760. The highest BCUT2D eigenvalue weighted by molar-refractivity contribution is 5.18. The quantitative estimate of drug-likeness (QED) is 0.695. The van der Waals surface area contributed by atoms with Gasteiger partial charge in [-0.25, -0.2) is 0 Å². The first kappa shape index (κ1) is 14.8. The van der Waals surface area contributed by atoms with Gasteiger partial charge in [-0.3, -0.25) is 0 Å². The normalized spacial score (nSPS) is 53.9. The summed E-state index contributed by atoms with van der Waals surface area (Å²) in [5.41, 5.74) is -0.611. The Balaban J connectivity index is 1.62. The van der Waals surface area contributed by atoms with Crippen LogP contribution in [0.5, 0.6) is 0 Å². The molecule has 2 N–H and O–H groups in total. The molecule has 0 aliphatic heterocycles. The minimum atomic E-state index is -0.649. The van der Waals surface area contributed by atoms with Crippen molar-refractivity contribution >= 4 is 0 Å². The Morgan fingerprint density at radius 1 is 1.14 bits per heavy atom. The van der Waals surface area contributed by atoms with Crippen molar-refractivity contribution in [1.29, 1.82) is 0 Å². The van der Waals surface area contributed by atoms with E-state index in [2.05, 4.69) is 19.6 Å². The average molecular weight is 302 g/mol. The minimum absolute atomic E-state index is 0.0371. The van der Waals surface area contributed by atoms with Crippen molar-refractivity contribution in [3.63, 3.8) is 0 Å². The summed E-state index contributed by atoms with van der Waals surface area (Å²) in [6.45, 7) is 6.26. The van der Waals surface area contributed by atoms with E-state index in [0.29, 0.717) is 17.6 Å². The second kappa shape index (κ2) is 4.87. The van der Waals surface area contributed by atoms with Crippen LogP contribution in [0.1, 0.15) is 58.3 Å². The molecule has 0 heterocycles. The average Bonchev–Trinajstić information content (AvgIpc) is 2.79. The van der Waals surface area contributed by atoms with Crippen LogP contribution in [-0.4, -0.2) is 15.8 Å². The molecule has 122 valence electrons. The number of hydrogen-bond acceptors (Lipinski definition) is 2. The van der Waals surface area contributed by atoms with Crippen LogP contribution in [0.15, 0.2) is 24.5 Å². The van der Waals surface area contributed by atoms with Gasteiger partial charge < -0.3 is 10.2 Å². The van der Waals surface area contributed by atoms with Crippen molar-refractivity contribution in [1.82, 2.24) is 0 Å². The van der Waals surface area contributed by atoms with Gasteiger partial charge in [0.25, 0.3) is 0 Å². The Bertz CT molecular complexity index is 510. The maximum Gasteiger partial charge on any atom is 0.0885 e. The summed E-state index contributed by atoms with van der Waals surface area (Å²) in [6, 6.07) is 0. The van der Waals surface area contributed by atoms with Gasteiger partial charge in [-0.05, 0) is 80.6 Å². The van der Waals surface area contributed by atoms with E-state index >= 15 is 0 Å². The molecule has 0 amide bonds. The molecule has 0 spiro atoms. The molecule has 0 aromatic heterocycles. The van der Waals surface area contributed by atoms with Crippen molar-refractivity contribution in [2.24, 2.45) is 35.0 Å². The fourth-order valence-corrected chi connectivity index (χ4v) is 6.87. The first-order valence-electron chi connectivity index (χ1n) is 9.22. The number of aliphatic hydroxyl groups excluding tert-OH is 1. The monoisotopic (exact) mass is 302 g/mol. The maximum absolute atomic E-state index is 11.1. The van der Waals surface area contributed by atoms with E-state index in [1.165, 1.54) is 25.7 Å². The predicted molar refractivity (Wildman–Crippen MR) is 88.4 cm³/mol. The third kappa shape index (κ3) is 1.82. The summed E-state index contributed by atoms with van der Waals surface area (Å²) in [7, 11) is 0. The number of rotatable bonds is 1. The van der Waals surface area contributed by atoms with Crippen molar-refractivity contribution in [2.75, 3.05) is 0 Å². The molecule has 3 saturated carbocycles. The molecule has 4 rings (SSSR count). The molecule has 0 saturated heterocycles. The summed E-state index contributed by atoms with van der Waals surface area (Å²) in [4.78, 5) is 0. The Morgan fingerprint density at radius 3 is 2.73 bits per heavy atom. The fraction of sp³-hybridized carbons (Fsp3) is 0.800. The van der Waals surface area contributed by atoms with Crippen LogP contribution in [-0.2, 0) is 0 Å². The van der Waals surface area contributed by atoms with Gasteiger partial charge in [0.15, 0.2) is 0 Å². The van der Waals surface area contributed by atoms with Crippen LogP contribution < -0.4 is 0 Å². The van der Waals surface area contributed by atoms with Gasteiger partial charge >= 0.3 is 0 Å². The van der Waals surface area contributed by atoms with Gasteiger partial charge in [0.2, 0.25) is 0 Å². The molecule has 3 fully saturated rings. The summed E-state index contributed by atoms with van der Waals surface area (Å²) in [5.74, 6) is 4.36. The molecule has 2 heteroatoms. The summed E-state index contributed by atoms with van der Waals surface area (Å²) >= 11 is 0. The maximum atomic E-state index is 11.1. The molecule has 7 atom stereocenters. The topological polar surface area (TPSA) is 40.5 Å². The number of hydrogen-bond donors (Lipinski definition) is 2. The third-order valence-electron chi connectivity index (χ3n) is 8.17. The minimum Gasteiger partial charge on any atom is -0.513 e. The summed E-state index contributed by atoms with van der Waals surface area (Å²) in [5, 5.41) is 20.9. The van der Waals surface area contributed by atoms with E-state index in [1.807, 2.05) is 6.08 Å². The fourth-order valence-electron chi connectivity index (χ4n) is 6.87. The highest BCUT2D eigenvalue weighted by Crippen LogP contribution is 2.65. The van der Waals surface area contributed by atoms with E-state index < -0.39 is 5.60 Å². The van der Waals surface area contributed by atoms with Gasteiger partial charge in [-0.2, -0.15) is 0 Å². The van der Waals surface area contributed by atoms with Gasteiger partial charge in [0.05, 0.1) is 11.4 Å². The molecule has 4 aliphatic rings. The molecular formula is C20H30O2. The molecule has 0 aromatic carbocycles. The first-order chi connectivity index (χ1) is 10.5. The summed E-state index contributed by atoms with van der Waals surface area (Å²) < 4.78 is 0. The van der Waals surface area contributed by atoms with Gasteiger partial charge in [-0.15, -0.1) is 6.58 Å². The zero-order valence-electron chi connectivity index (χ0n) is 13.8. The molecule has 2 nitrogen and oxygen atoms in total. The molecule has 0 aromatic rings. The molecule has 0 radical (unpaired) electrons. The second-order valence-electron chi connectivity index (χ2n) is 8.69. The van der Waals surface area contributed by atoms with Gasteiger partial charge in [0.1, 0.15) is 0 Å². The van der Waals surface area contributed by atoms with Crippen LogP contribution in [0, 0.1) is 35.0 Å². The SMILES string of the molecule is C=C[C@]1(O)CCC2C3CCC4CC(O)=CCC4C3CC[C@@]21C. The smallest absolute Gasteiger partial charge is 0.0885 e. The van der Waals surface area contributed by atoms with E-state index in [9.17, 15) is 10.2 Å². The van der Waals surface area contributed by atoms with Crippen molar-refractivity contribution < 1.29 is 10.2 Å². The zero-order chi connectivity index (χ0) is 15.5. The van der Waals surface area contributed by atoms with Crippen molar-refractivity contribution in [3.8, 4) is 0 Å². The predicted octanol–water partition coefficient (Wildman–Crippen LogP) is 4.61. The van der Waals surface area contributed by atoms with E-state index in [-0.39, 0.29) is 5.41 Å². The standard InChI is InChI=1S/C20H30O2/c1-3-20(22)11-9-18-17-6-4-13-12-14(21)5-7-15(13)16(17)8-10-19(18,20)2/h3,5,13,15-18,21-22H,1,4,6-12H2,2H3/t13?,15?,16?,17?,18?,19-,20-/m0/s1. The lowest BCUT2D eigenvalue weighted by atomic mass is 9.49. The van der Waals surface area contributed by atoms with Crippen LogP contribution in [0.3, 0.4) is 0 Å². The van der Waals surface area contributed by atoms with Crippen LogP contribution in [0.25, 0.3) is 0 Å². The van der Waals surface area contributed by atoms with E-state index in [0.717, 1.165) is 43.4 Å². The number of fused-ring (bicyclic) bond motifs is 5. The third-order valence-corrected chi connectivity index (χ3v) is 8.17.